The van der Waals surface area contributed by atoms with Gasteiger partial charge in [0.15, 0.2) is 0 Å². The molecule has 0 aromatic carbocycles. The summed E-state index contributed by atoms with van der Waals surface area (Å²) in [6.45, 7) is 10.4. The van der Waals surface area contributed by atoms with E-state index >= 15 is 0 Å². The molecule has 1 heterocycles. The third-order valence-corrected chi connectivity index (χ3v) is 4.57. The van der Waals surface area contributed by atoms with E-state index < -0.39 is 0 Å². The normalized spacial score (nSPS) is 22.8. The molecule has 0 radical (unpaired) electrons. The lowest BCUT2D eigenvalue weighted by atomic mass is 10.1. The van der Waals surface area contributed by atoms with Crippen LogP contribution in [0.25, 0.3) is 0 Å². The summed E-state index contributed by atoms with van der Waals surface area (Å²) >= 11 is 0. The molecule has 0 spiro atoms. The number of allylic oxidation sites excluding steroid dienone is 1. The van der Waals surface area contributed by atoms with Gasteiger partial charge in [0, 0.05) is 38.1 Å². The Kier molecular flexibility index (Phi) is 6.22. The topological polar surface area (TPSA) is 18.8 Å². The molecule has 1 aliphatic heterocycles. The SMILES string of the molecule is BPN1CCCC1CN(C)/C(=C\N=C)C(C)C. The van der Waals surface area contributed by atoms with Gasteiger partial charge in [-0.3, -0.25) is 9.66 Å². The first-order valence-electron chi connectivity index (χ1n) is 6.41. The highest BCUT2D eigenvalue weighted by atomic mass is 31.1. The lowest BCUT2D eigenvalue weighted by molar-refractivity contribution is 0.291. The summed E-state index contributed by atoms with van der Waals surface area (Å²) in [6, 6.07) is 0.718. The average Bonchev–Trinajstić information content (AvgIpc) is 2.72. The summed E-state index contributed by atoms with van der Waals surface area (Å²) in [7, 11) is 5.39. The molecule has 96 valence electrons. The molecule has 1 rings (SSSR count). The minimum Gasteiger partial charge on any atom is -0.375 e. The van der Waals surface area contributed by atoms with Crippen molar-refractivity contribution in [1.29, 1.82) is 0 Å². The second-order valence-electron chi connectivity index (χ2n) is 4.98. The van der Waals surface area contributed by atoms with E-state index in [0.717, 1.165) is 21.2 Å². The standard InChI is InChI=1S/C12H25BN3P/c1-10(2)12(8-14-3)15(4)9-11-6-5-7-16(11)17-13/h8,10-11,17H,3,5-7,9,13H2,1-2,4H3/b12-8-. The zero-order valence-corrected chi connectivity index (χ0v) is 12.6. The molecule has 2 unspecified atom stereocenters. The third-order valence-electron chi connectivity index (χ3n) is 3.40. The Morgan fingerprint density at radius 2 is 2.41 bits per heavy atom. The molecule has 0 aromatic rings. The number of nitrogens with zero attached hydrogens (tertiary/aromatic N) is 3. The molecular formula is C12H25BN3P. The van der Waals surface area contributed by atoms with Crippen LogP contribution in [0.15, 0.2) is 16.9 Å². The van der Waals surface area contributed by atoms with Crippen LogP contribution >= 0.6 is 8.61 Å². The maximum atomic E-state index is 3.93. The van der Waals surface area contributed by atoms with Crippen LogP contribution in [0.5, 0.6) is 0 Å². The fraction of sp³-hybridized carbons (Fsp3) is 0.750. The molecule has 0 aliphatic carbocycles. The first kappa shape index (κ1) is 14.7. The van der Waals surface area contributed by atoms with Crippen LogP contribution in [0.4, 0.5) is 0 Å². The minimum absolute atomic E-state index is 0.504. The van der Waals surface area contributed by atoms with Crippen molar-refractivity contribution in [2.75, 3.05) is 20.1 Å². The zero-order valence-electron chi connectivity index (χ0n) is 11.6. The Morgan fingerprint density at radius 3 is 2.94 bits per heavy atom. The summed E-state index contributed by atoms with van der Waals surface area (Å²) in [5.41, 5.74) is 1.28. The molecule has 1 saturated heterocycles. The van der Waals surface area contributed by atoms with Crippen LogP contribution in [0.3, 0.4) is 0 Å². The summed E-state index contributed by atoms with van der Waals surface area (Å²) in [4.78, 5) is 6.28. The lowest BCUT2D eigenvalue weighted by Crippen LogP contribution is -2.35. The highest BCUT2D eigenvalue weighted by molar-refractivity contribution is 7.64. The quantitative estimate of drug-likeness (QED) is 0.408. The predicted octanol–water partition coefficient (Wildman–Crippen LogP) is 1.72. The molecule has 5 heteroatoms. The molecule has 0 saturated carbocycles. The Hall–Kier alpha value is -0.335. The maximum Gasteiger partial charge on any atom is 0.149 e. The first-order chi connectivity index (χ1) is 8.10. The van der Waals surface area contributed by atoms with E-state index in [1.165, 1.54) is 25.1 Å². The van der Waals surface area contributed by atoms with Crippen LogP contribution in [0.2, 0.25) is 0 Å². The summed E-state index contributed by atoms with van der Waals surface area (Å²) in [5, 5.41) is 0. The van der Waals surface area contributed by atoms with Crippen molar-refractivity contribution < 1.29 is 0 Å². The molecule has 3 nitrogen and oxygen atoms in total. The van der Waals surface area contributed by atoms with Crippen molar-refractivity contribution in [1.82, 2.24) is 9.57 Å². The highest BCUT2D eigenvalue weighted by Gasteiger charge is 2.25. The molecule has 17 heavy (non-hydrogen) atoms. The van der Waals surface area contributed by atoms with Gasteiger partial charge in [-0.2, -0.15) is 0 Å². The molecular weight excluding hydrogens is 228 g/mol. The van der Waals surface area contributed by atoms with Crippen LogP contribution in [-0.4, -0.2) is 50.0 Å². The van der Waals surface area contributed by atoms with Crippen molar-refractivity contribution in [2.45, 2.75) is 32.7 Å². The van der Waals surface area contributed by atoms with Gasteiger partial charge in [-0.25, -0.2) is 0 Å². The van der Waals surface area contributed by atoms with Gasteiger partial charge in [0.05, 0.1) is 0 Å². The van der Waals surface area contributed by atoms with Gasteiger partial charge in [0.2, 0.25) is 0 Å². The number of likely N-dealkylation sites (N-methyl/N-ethyl adjacent to an activating group) is 1. The second kappa shape index (κ2) is 7.18. The van der Waals surface area contributed by atoms with Gasteiger partial charge < -0.3 is 4.90 Å². The van der Waals surface area contributed by atoms with Crippen LogP contribution in [0, 0.1) is 5.92 Å². The van der Waals surface area contributed by atoms with E-state index in [-0.39, 0.29) is 0 Å². The Morgan fingerprint density at radius 1 is 1.71 bits per heavy atom. The van der Waals surface area contributed by atoms with Crippen molar-refractivity contribution in [3.05, 3.63) is 11.9 Å². The molecule has 1 fully saturated rings. The van der Waals surface area contributed by atoms with E-state index in [2.05, 4.69) is 49.7 Å². The fourth-order valence-electron chi connectivity index (χ4n) is 2.52. The minimum atomic E-state index is 0.504. The summed E-state index contributed by atoms with van der Waals surface area (Å²) in [5.74, 6) is 0.504. The van der Waals surface area contributed by atoms with Crippen molar-refractivity contribution in [3.8, 4) is 0 Å². The average molecular weight is 253 g/mol. The number of hydrogen-bond acceptors (Lipinski definition) is 3. The van der Waals surface area contributed by atoms with E-state index in [1.807, 2.05) is 6.20 Å². The van der Waals surface area contributed by atoms with E-state index in [1.54, 1.807) is 0 Å². The summed E-state index contributed by atoms with van der Waals surface area (Å²) < 4.78 is 2.61. The smallest absolute Gasteiger partial charge is 0.149 e. The monoisotopic (exact) mass is 253 g/mol. The van der Waals surface area contributed by atoms with Gasteiger partial charge in [0.1, 0.15) is 7.57 Å². The Balaban J connectivity index is 2.60. The number of aliphatic imine (C=N–C) groups is 1. The molecule has 0 N–H and O–H groups in total. The van der Waals surface area contributed by atoms with Crippen molar-refractivity contribution in [3.63, 3.8) is 0 Å². The zero-order chi connectivity index (χ0) is 12.8. The van der Waals surface area contributed by atoms with Crippen LogP contribution < -0.4 is 0 Å². The molecule has 0 amide bonds. The van der Waals surface area contributed by atoms with E-state index in [0.29, 0.717) is 5.92 Å². The predicted molar refractivity (Wildman–Crippen MR) is 81.7 cm³/mol. The van der Waals surface area contributed by atoms with Crippen LogP contribution in [-0.2, 0) is 0 Å². The third kappa shape index (κ3) is 4.11. The van der Waals surface area contributed by atoms with Crippen LogP contribution in [0.1, 0.15) is 26.7 Å². The molecule has 2 atom stereocenters. The van der Waals surface area contributed by atoms with Gasteiger partial charge in [0.25, 0.3) is 0 Å². The second-order valence-corrected chi connectivity index (χ2v) is 6.01. The summed E-state index contributed by atoms with van der Waals surface area (Å²) in [6.07, 6.45) is 4.58. The van der Waals surface area contributed by atoms with Crippen molar-refractivity contribution in [2.24, 2.45) is 10.9 Å². The first-order valence-corrected chi connectivity index (χ1v) is 7.86. The largest absolute Gasteiger partial charge is 0.375 e. The van der Waals surface area contributed by atoms with Gasteiger partial charge in [-0.1, -0.05) is 22.5 Å². The Labute approximate surface area is 109 Å². The molecule has 1 aliphatic rings. The van der Waals surface area contributed by atoms with E-state index in [4.69, 9.17) is 0 Å². The van der Waals surface area contributed by atoms with Gasteiger partial charge >= 0.3 is 0 Å². The molecule has 0 aromatic heterocycles. The van der Waals surface area contributed by atoms with Gasteiger partial charge in [-0.05, 0) is 25.5 Å². The lowest BCUT2D eigenvalue weighted by Gasteiger charge is -2.31. The highest BCUT2D eigenvalue weighted by Crippen LogP contribution is 2.28. The number of hydrogen-bond donors (Lipinski definition) is 0. The van der Waals surface area contributed by atoms with E-state index in [9.17, 15) is 0 Å². The van der Waals surface area contributed by atoms with Gasteiger partial charge in [-0.15, -0.1) is 0 Å². The maximum absolute atomic E-state index is 3.93. The molecule has 0 bridgehead atoms. The number of rotatable bonds is 6. The Bertz CT molecular complexity index is 281. The van der Waals surface area contributed by atoms with Crippen molar-refractivity contribution >= 4 is 22.9 Å². The fourth-order valence-corrected chi connectivity index (χ4v) is 3.48.